The van der Waals surface area contributed by atoms with Gasteiger partial charge >= 0.3 is 0 Å². The van der Waals surface area contributed by atoms with E-state index in [-0.39, 0.29) is 23.7 Å². The predicted molar refractivity (Wildman–Crippen MR) is 131 cm³/mol. The number of likely N-dealkylation sites (tertiary alicyclic amines) is 1. The molecule has 4 rings (SSSR count). The molecule has 0 bridgehead atoms. The Morgan fingerprint density at radius 1 is 1.21 bits per heavy atom. The van der Waals surface area contributed by atoms with Crippen LogP contribution >= 0.6 is 22.9 Å². The normalized spacial score (nSPS) is 14.6. The highest BCUT2D eigenvalue weighted by atomic mass is 32.1. The van der Waals surface area contributed by atoms with Crippen LogP contribution in [-0.2, 0) is 6.42 Å². The first kappa shape index (κ1) is 23.5. The topological polar surface area (TPSA) is 88.1 Å². The summed E-state index contributed by atoms with van der Waals surface area (Å²) >= 11 is 2.87. The van der Waals surface area contributed by atoms with E-state index in [1.54, 1.807) is 11.3 Å². The van der Waals surface area contributed by atoms with Crippen LogP contribution < -0.4 is 5.32 Å². The molecule has 9 heteroatoms. The third-order valence-corrected chi connectivity index (χ3v) is 7.63. The standard InChI is InChI=1S/C24H29N5O2S2/c1-15(2)20-22(33-28-27-20)24(31)29-12-9-17(10-13-29)21-19(7-6-16(3)26-21)23(30)25-11-8-18-5-4-14-32-18/h4-7,14-15,17H,8-13H2,1-3H3,(H,25,30). The van der Waals surface area contributed by atoms with Gasteiger partial charge < -0.3 is 10.2 Å². The zero-order chi connectivity index (χ0) is 23.4. The highest BCUT2D eigenvalue weighted by molar-refractivity contribution is 7.09. The largest absolute Gasteiger partial charge is 0.352 e. The molecule has 1 fully saturated rings. The Labute approximate surface area is 202 Å². The van der Waals surface area contributed by atoms with E-state index >= 15 is 0 Å². The summed E-state index contributed by atoms with van der Waals surface area (Å²) in [6, 6.07) is 7.88. The number of nitrogens with one attached hydrogen (secondary N) is 1. The second kappa shape index (κ2) is 10.5. The summed E-state index contributed by atoms with van der Waals surface area (Å²) in [5.74, 6) is 0.245. The summed E-state index contributed by atoms with van der Waals surface area (Å²) in [6.07, 6.45) is 2.38. The van der Waals surface area contributed by atoms with Gasteiger partial charge in [0.15, 0.2) is 0 Å². The number of hydrogen-bond donors (Lipinski definition) is 1. The lowest BCUT2D eigenvalue weighted by Gasteiger charge is -2.32. The van der Waals surface area contributed by atoms with Crippen molar-refractivity contribution in [1.82, 2.24) is 24.8 Å². The number of hydrogen-bond acceptors (Lipinski definition) is 7. The lowest BCUT2D eigenvalue weighted by atomic mass is 9.89. The van der Waals surface area contributed by atoms with Crippen LogP contribution in [-0.4, -0.2) is 50.9 Å². The molecule has 0 spiro atoms. The number of nitrogens with zero attached hydrogens (tertiary/aromatic N) is 4. The van der Waals surface area contributed by atoms with Crippen molar-refractivity contribution in [3.8, 4) is 0 Å². The van der Waals surface area contributed by atoms with Gasteiger partial charge in [-0.2, -0.15) is 0 Å². The van der Waals surface area contributed by atoms with Crippen LogP contribution in [0.15, 0.2) is 29.6 Å². The van der Waals surface area contributed by atoms with E-state index in [0.29, 0.717) is 30.1 Å². The Hall–Kier alpha value is -2.65. The minimum Gasteiger partial charge on any atom is -0.352 e. The molecular weight excluding hydrogens is 454 g/mol. The van der Waals surface area contributed by atoms with Gasteiger partial charge in [-0.3, -0.25) is 14.6 Å². The Bertz CT molecular complexity index is 1100. The fourth-order valence-corrected chi connectivity index (χ4v) is 5.65. The molecule has 0 saturated carbocycles. The molecule has 2 amide bonds. The highest BCUT2D eigenvalue weighted by Crippen LogP contribution is 2.31. The first-order chi connectivity index (χ1) is 15.9. The number of rotatable bonds is 7. The van der Waals surface area contributed by atoms with Crippen molar-refractivity contribution < 1.29 is 9.59 Å². The summed E-state index contributed by atoms with van der Waals surface area (Å²) in [7, 11) is 0. The van der Waals surface area contributed by atoms with Crippen molar-refractivity contribution in [3.05, 3.63) is 62.0 Å². The number of thiophene rings is 1. The highest BCUT2D eigenvalue weighted by Gasteiger charge is 2.30. The third kappa shape index (κ3) is 5.47. The van der Waals surface area contributed by atoms with Crippen LogP contribution in [0.4, 0.5) is 0 Å². The lowest BCUT2D eigenvalue weighted by molar-refractivity contribution is 0.0713. The number of carbonyl (C=O) groups is 2. The van der Waals surface area contributed by atoms with E-state index in [2.05, 4.69) is 21.0 Å². The Morgan fingerprint density at radius 2 is 2.00 bits per heavy atom. The second-order valence-corrected chi connectivity index (χ2v) is 10.5. The van der Waals surface area contributed by atoms with Crippen molar-refractivity contribution in [3.63, 3.8) is 0 Å². The number of aromatic nitrogens is 3. The Morgan fingerprint density at radius 3 is 2.70 bits per heavy atom. The van der Waals surface area contributed by atoms with Crippen molar-refractivity contribution in [2.24, 2.45) is 0 Å². The zero-order valence-electron chi connectivity index (χ0n) is 19.2. The summed E-state index contributed by atoms with van der Waals surface area (Å²) in [4.78, 5) is 34.5. The fraction of sp³-hybridized carbons (Fsp3) is 0.458. The molecule has 4 heterocycles. The quantitative estimate of drug-likeness (QED) is 0.537. The van der Waals surface area contributed by atoms with E-state index in [1.807, 2.05) is 49.3 Å². The third-order valence-electron chi connectivity index (χ3n) is 5.97. The van der Waals surface area contributed by atoms with E-state index in [4.69, 9.17) is 4.98 Å². The van der Waals surface area contributed by atoms with Crippen LogP contribution in [0.2, 0.25) is 0 Å². The van der Waals surface area contributed by atoms with Gasteiger partial charge in [0, 0.05) is 36.1 Å². The molecule has 3 aromatic heterocycles. The number of pyridine rings is 1. The van der Waals surface area contributed by atoms with Crippen molar-refractivity contribution in [2.45, 2.75) is 51.9 Å². The number of carbonyl (C=O) groups excluding carboxylic acids is 2. The lowest BCUT2D eigenvalue weighted by Crippen LogP contribution is -2.38. The molecule has 3 aromatic rings. The predicted octanol–water partition coefficient (Wildman–Crippen LogP) is 4.42. The molecule has 1 aliphatic rings. The minimum absolute atomic E-state index is 0.0101. The van der Waals surface area contributed by atoms with Crippen molar-refractivity contribution in [2.75, 3.05) is 19.6 Å². The molecule has 0 radical (unpaired) electrons. The van der Waals surface area contributed by atoms with E-state index in [0.717, 1.165) is 36.3 Å². The molecule has 0 aromatic carbocycles. The Balaban J connectivity index is 1.41. The van der Waals surface area contributed by atoms with Gasteiger partial charge in [-0.05, 0) is 67.2 Å². The molecule has 33 heavy (non-hydrogen) atoms. The maximum atomic E-state index is 13.1. The molecule has 1 N–H and O–H groups in total. The first-order valence-electron chi connectivity index (χ1n) is 11.3. The van der Waals surface area contributed by atoms with Gasteiger partial charge in [-0.15, -0.1) is 16.4 Å². The minimum atomic E-state index is -0.0788. The maximum absolute atomic E-state index is 13.1. The smallest absolute Gasteiger partial charge is 0.267 e. The average Bonchev–Trinajstić information content (AvgIpc) is 3.51. The first-order valence-corrected chi connectivity index (χ1v) is 13.0. The second-order valence-electron chi connectivity index (χ2n) is 8.68. The van der Waals surface area contributed by atoms with Gasteiger partial charge in [0.25, 0.3) is 11.8 Å². The van der Waals surface area contributed by atoms with Crippen LogP contribution in [0.3, 0.4) is 0 Å². The van der Waals surface area contributed by atoms with Gasteiger partial charge in [-0.1, -0.05) is 24.4 Å². The number of aryl methyl sites for hydroxylation is 1. The molecule has 1 aliphatic heterocycles. The molecule has 0 unspecified atom stereocenters. The Kier molecular flexibility index (Phi) is 7.49. The fourth-order valence-electron chi connectivity index (χ4n) is 4.15. The van der Waals surface area contributed by atoms with Gasteiger partial charge in [0.2, 0.25) is 0 Å². The molecular formula is C24H29N5O2S2. The van der Waals surface area contributed by atoms with Crippen LogP contribution in [0, 0.1) is 6.92 Å². The van der Waals surface area contributed by atoms with Gasteiger partial charge in [-0.25, -0.2) is 0 Å². The molecule has 0 atom stereocenters. The van der Waals surface area contributed by atoms with Crippen LogP contribution in [0.25, 0.3) is 0 Å². The molecule has 174 valence electrons. The van der Waals surface area contributed by atoms with Crippen LogP contribution in [0.1, 0.15) is 80.5 Å². The summed E-state index contributed by atoms with van der Waals surface area (Å²) in [6.45, 7) is 7.86. The van der Waals surface area contributed by atoms with Crippen molar-refractivity contribution in [1.29, 1.82) is 0 Å². The monoisotopic (exact) mass is 483 g/mol. The summed E-state index contributed by atoms with van der Waals surface area (Å²) < 4.78 is 3.99. The summed E-state index contributed by atoms with van der Waals surface area (Å²) in [5, 5.41) is 9.24. The SMILES string of the molecule is Cc1ccc(C(=O)NCCc2cccs2)c(C2CCN(C(=O)c3snnc3C(C)C)CC2)n1. The van der Waals surface area contributed by atoms with E-state index < -0.39 is 0 Å². The zero-order valence-corrected chi connectivity index (χ0v) is 20.8. The molecule has 0 aliphatic carbocycles. The van der Waals surface area contributed by atoms with Gasteiger partial charge in [0.05, 0.1) is 17.0 Å². The van der Waals surface area contributed by atoms with Crippen LogP contribution in [0.5, 0.6) is 0 Å². The van der Waals surface area contributed by atoms with Gasteiger partial charge in [0.1, 0.15) is 4.88 Å². The molecule has 1 saturated heterocycles. The number of piperidine rings is 1. The van der Waals surface area contributed by atoms with E-state index in [1.165, 1.54) is 16.4 Å². The van der Waals surface area contributed by atoms with Crippen molar-refractivity contribution >= 4 is 34.7 Å². The van der Waals surface area contributed by atoms with E-state index in [9.17, 15) is 9.59 Å². The number of amides is 2. The summed E-state index contributed by atoms with van der Waals surface area (Å²) in [5.41, 5.74) is 3.16. The average molecular weight is 484 g/mol. The maximum Gasteiger partial charge on any atom is 0.267 e. The molecule has 7 nitrogen and oxygen atoms in total.